The number of esters is 1. The second kappa shape index (κ2) is 12.6. The summed E-state index contributed by atoms with van der Waals surface area (Å²) in [5, 5.41) is 43.6. The summed E-state index contributed by atoms with van der Waals surface area (Å²) in [6.45, 7) is 2.40. The van der Waals surface area contributed by atoms with Crippen LogP contribution in [-0.4, -0.2) is 62.1 Å². The zero-order valence-electron chi connectivity index (χ0n) is 18.1. The molecule has 4 atom stereocenters. The summed E-state index contributed by atoms with van der Waals surface area (Å²) >= 11 is 0. The van der Waals surface area contributed by atoms with Crippen LogP contribution in [0.2, 0.25) is 0 Å². The molecule has 0 aliphatic heterocycles. The summed E-state index contributed by atoms with van der Waals surface area (Å²) in [6.07, 6.45) is -1.79. The van der Waals surface area contributed by atoms with Crippen LogP contribution in [0.3, 0.4) is 0 Å². The van der Waals surface area contributed by atoms with Gasteiger partial charge in [0.1, 0.15) is 18.0 Å². The molecule has 0 saturated heterocycles. The molecule has 1 aliphatic rings. The minimum Gasteiger partial charge on any atom is -0.508 e. The summed E-state index contributed by atoms with van der Waals surface area (Å²) in [4.78, 5) is 20.7. The van der Waals surface area contributed by atoms with E-state index in [0.29, 0.717) is 13.0 Å². The zero-order valence-corrected chi connectivity index (χ0v) is 18.1. The van der Waals surface area contributed by atoms with Crippen molar-refractivity contribution < 1.29 is 44.6 Å². The molecule has 9 heteroatoms. The monoisotopic (exact) mass is 460 g/mol. The number of aromatic hydroxyl groups is 1. The highest BCUT2D eigenvalue weighted by atomic mass is 16.6. The number of rotatable bonds is 6. The largest absolute Gasteiger partial charge is 0.508 e. The van der Waals surface area contributed by atoms with E-state index in [0.717, 1.165) is 16.7 Å². The maximum absolute atomic E-state index is 12.1. The molecule has 0 heterocycles. The summed E-state index contributed by atoms with van der Waals surface area (Å²) < 4.78 is 11.2. The third-order valence-electron chi connectivity index (χ3n) is 4.95. The van der Waals surface area contributed by atoms with Gasteiger partial charge in [-0.1, -0.05) is 42.0 Å². The van der Waals surface area contributed by atoms with Crippen LogP contribution >= 0.6 is 0 Å². The van der Waals surface area contributed by atoms with Crippen molar-refractivity contribution in [1.29, 1.82) is 0 Å². The lowest BCUT2D eigenvalue weighted by atomic mass is 9.89. The molecule has 3 rings (SSSR count). The Morgan fingerprint density at radius 1 is 1.00 bits per heavy atom. The molecule has 9 nitrogen and oxygen atoms in total. The van der Waals surface area contributed by atoms with E-state index in [-0.39, 0.29) is 18.3 Å². The molecule has 0 radical (unpaired) electrons. The van der Waals surface area contributed by atoms with Gasteiger partial charge in [0.2, 0.25) is 0 Å². The van der Waals surface area contributed by atoms with Crippen molar-refractivity contribution in [3.63, 3.8) is 0 Å². The maximum atomic E-state index is 12.1. The van der Waals surface area contributed by atoms with Gasteiger partial charge < -0.3 is 35.0 Å². The lowest BCUT2D eigenvalue weighted by Gasteiger charge is -2.36. The van der Waals surface area contributed by atoms with Crippen LogP contribution in [0.5, 0.6) is 5.75 Å². The SMILES string of the molecule is Cc1ccc(CO[C@H]2C[C@H](O)[C@@H](O)[C@H](OC(=O)/C=C/c3ccc(O)cc3)C2)cc1.O=C(O)O. The van der Waals surface area contributed by atoms with Crippen LogP contribution in [0.15, 0.2) is 54.6 Å². The van der Waals surface area contributed by atoms with Gasteiger partial charge in [0.25, 0.3) is 0 Å². The van der Waals surface area contributed by atoms with Crippen LogP contribution in [0, 0.1) is 6.92 Å². The van der Waals surface area contributed by atoms with Crippen molar-refractivity contribution >= 4 is 18.2 Å². The number of carbonyl (C=O) groups is 2. The van der Waals surface area contributed by atoms with E-state index in [4.69, 9.17) is 24.5 Å². The highest BCUT2D eigenvalue weighted by molar-refractivity contribution is 5.87. The van der Waals surface area contributed by atoms with Crippen molar-refractivity contribution in [3.05, 3.63) is 71.3 Å². The fourth-order valence-electron chi connectivity index (χ4n) is 3.24. The van der Waals surface area contributed by atoms with Crippen molar-refractivity contribution in [3.8, 4) is 5.75 Å². The van der Waals surface area contributed by atoms with E-state index >= 15 is 0 Å². The Labute approximate surface area is 191 Å². The van der Waals surface area contributed by atoms with Crippen molar-refractivity contribution in [2.75, 3.05) is 0 Å². The van der Waals surface area contributed by atoms with Gasteiger partial charge in [0, 0.05) is 18.9 Å². The Bertz CT molecular complexity index is 918. The molecule has 0 bridgehead atoms. The second-order valence-electron chi connectivity index (χ2n) is 7.63. The molecule has 0 unspecified atom stereocenters. The Kier molecular flexibility index (Phi) is 9.86. The molecule has 33 heavy (non-hydrogen) atoms. The molecule has 0 amide bonds. The van der Waals surface area contributed by atoms with E-state index in [1.165, 1.54) is 18.2 Å². The zero-order chi connectivity index (χ0) is 24.4. The molecular formula is C24H28O9. The Morgan fingerprint density at radius 2 is 1.61 bits per heavy atom. The number of aryl methyl sites for hydroxylation is 1. The third kappa shape index (κ3) is 9.32. The number of aliphatic hydroxyl groups excluding tert-OH is 2. The van der Waals surface area contributed by atoms with Crippen molar-refractivity contribution in [1.82, 2.24) is 0 Å². The normalized spacial score (nSPS) is 22.3. The summed E-state index contributed by atoms with van der Waals surface area (Å²) in [6, 6.07) is 14.3. The first-order valence-electron chi connectivity index (χ1n) is 10.3. The summed E-state index contributed by atoms with van der Waals surface area (Å²) in [5.74, 6) is -0.478. The third-order valence-corrected chi connectivity index (χ3v) is 4.95. The van der Waals surface area contributed by atoms with Gasteiger partial charge in [-0.25, -0.2) is 9.59 Å². The van der Waals surface area contributed by atoms with Crippen LogP contribution in [0.1, 0.15) is 29.5 Å². The maximum Gasteiger partial charge on any atom is 0.503 e. The number of benzene rings is 2. The van der Waals surface area contributed by atoms with Gasteiger partial charge in [0.05, 0.1) is 18.8 Å². The van der Waals surface area contributed by atoms with Crippen LogP contribution < -0.4 is 0 Å². The molecule has 5 N–H and O–H groups in total. The molecule has 1 aliphatic carbocycles. The fraction of sp³-hybridized carbons (Fsp3) is 0.333. The average Bonchev–Trinajstić information content (AvgIpc) is 2.76. The fourth-order valence-corrected chi connectivity index (χ4v) is 3.24. The molecule has 0 spiro atoms. The van der Waals surface area contributed by atoms with Crippen molar-refractivity contribution in [2.24, 2.45) is 0 Å². The van der Waals surface area contributed by atoms with Gasteiger partial charge in [-0.3, -0.25) is 0 Å². The average molecular weight is 460 g/mol. The lowest BCUT2D eigenvalue weighted by Crippen LogP contribution is -2.48. The van der Waals surface area contributed by atoms with Gasteiger partial charge >= 0.3 is 12.1 Å². The van der Waals surface area contributed by atoms with Crippen molar-refractivity contribution in [2.45, 2.75) is 50.8 Å². The molecule has 2 aromatic rings. The number of carbonyl (C=O) groups excluding carboxylic acids is 1. The summed E-state index contributed by atoms with van der Waals surface area (Å²) in [5.41, 5.74) is 2.90. The first kappa shape index (κ1) is 25.9. The Hall–Kier alpha value is -3.40. The number of phenols is 1. The highest BCUT2D eigenvalue weighted by Gasteiger charge is 2.38. The van der Waals surface area contributed by atoms with E-state index in [2.05, 4.69) is 0 Å². The predicted molar refractivity (Wildman–Crippen MR) is 119 cm³/mol. The van der Waals surface area contributed by atoms with Gasteiger partial charge in [-0.05, 0) is 36.3 Å². The molecule has 0 aromatic heterocycles. The Morgan fingerprint density at radius 3 is 2.21 bits per heavy atom. The van der Waals surface area contributed by atoms with Crippen LogP contribution in [0.4, 0.5) is 4.79 Å². The van der Waals surface area contributed by atoms with Crippen LogP contribution in [-0.2, 0) is 20.9 Å². The second-order valence-corrected chi connectivity index (χ2v) is 7.63. The summed E-state index contributed by atoms with van der Waals surface area (Å²) in [7, 11) is 0. The van der Waals surface area contributed by atoms with E-state index in [9.17, 15) is 20.1 Å². The standard InChI is InChI=1S/C23H26O6.CH2O3/c1-15-2-4-17(5-3-15)14-28-19-12-20(25)23(27)21(13-19)29-22(26)11-8-16-6-9-18(24)10-7-16;2-1(3)4/h2-11,19-21,23-25,27H,12-14H2,1H3;(H2,2,3,4)/b11-8+;/t19-,20-,21+,23+;/m0./s1. The lowest BCUT2D eigenvalue weighted by molar-refractivity contribution is -0.171. The molecule has 2 aromatic carbocycles. The predicted octanol–water partition coefficient (Wildman–Crippen LogP) is 2.95. The minimum atomic E-state index is -1.83. The smallest absolute Gasteiger partial charge is 0.503 e. The quantitative estimate of drug-likeness (QED) is 0.323. The van der Waals surface area contributed by atoms with Crippen LogP contribution in [0.25, 0.3) is 6.08 Å². The topological polar surface area (TPSA) is 154 Å². The number of phenolic OH excluding ortho intramolecular Hbond substituents is 1. The number of carboxylic acid groups (broad SMARTS) is 2. The molecule has 1 saturated carbocycles. The van der Waals surface area contributed by atoms with Gasteiger partial charge in [-0.15, -0.1) is 0 Å². The number of ether oxygens (including phenoxy) is 2. The molecule has 178 valence electrons. The first-order valence-corrected chi connectivity index (χ1v) is 10.3. The molecule has 1 fully saturated rings. The van der Waals surface area contributed by atoms with E-state index in [1.54, 1.807) is 18.2 Å². The van der Waals surface area contributed by atoms with E-state index < -0.39 is 30.4 Å². The highest BCUT2D eigenvalue weighted by Crippen LogP contribution is 2.26. The van der Waals surface area contributed by atoms with Gasteiger partial charge in [-0.2, -0.15) is 0 Å². The number of aliphatic hydroxyl groups is 2. The van der Waals surface area contributed by atoms with E-state index in [1.807, 2.05) is 31.2 Å². The molecular weight excluding hydrogens is 432 g/mol. The number of hydrogen-bond acceptors (Lipinski definition) is 7. The Balaban J connectivity index is 0.000000890. The first-order chi connectivity index (χ1) is 15.6. The number of hydrogen-bond donors (Lipinski definition) is 5. The minimum absolute atomic E-state index is 0.140. The van der Waals surface area contributed by atoms with Gasteiger partial charge in [0.15, 0.2) is 0 Å².